The second-order valence-electron chi connectivity index (χ2n) is 11.1. The number of hydrogen-bond acceptors (Lipinski definition) is 6. The van der Waals surface area contributed by atoms with Crippen molar-refractivity contribution in [2.75, 3.05) is 32.7 Å². The van der Waals surface area contributed by atoms with Crippen molar-refractivity contribution in [2.24, 2.45) is 11.8 Å². The van der Waals surface area contributed by atoms with Gasteiger partial charge in [-0.15, -0.1) is 0 Å². The number of hydrogen-bond donors (Lipinski definition) is 0. The van der Waals surface area contributed by atoms with E-state index in [-0.39, 0.29) is 41.5 Å². The van der Waals surface area contributed by atoms with Crippen molar-refractivity contribution in [3.05, 3.63) is 53.7 Å². The van der Waals surface area contributed by atoms with Crippen molar-refractivity contribution in [1.29, 1.82) is 0 Å². The zero-order valence-corrected chi connectivity index (χ0v) is 21.2. The van der Waals surface area contributed by atoms with Crippen LogP contribution in [0.3, 0.4) is 0 Å². The number of rotatable bonds is 3. The fourth-order valence-corrected chi connectivity index (χ4v) is 6.31. The van der Waals surface area contributed by atoms with Crippen LogP contribution in [0.2, 0.25) is 0 Å². The first-order valence-corrected chi connectivity index (χ1v) is 13.3. The molecule has 0 saturated carbocycles. The van der Waals surface area contributed by atoms with E-state index < -0.39 is 0 Å². The summed E-state index contributed by atoms with van der Waals surface area (Å²) in [6, 6.07) is 11.6. The Morgan fingerprint density at radius 2 is 1.94 bits per heavy atom. The third-order valence-corrected chi connectivity index (χ3v) is 8.67. The Morgan fingerprint density at radius 1 is 1.14 bits per heavy atom. The molecule has 4 aliphatic rings. The van der Waals surface area contributed by atoms with Crippen LogP contribution in [0.25, 0.3) is 10.9 Å². The summed E-state index contributed by atoms with van der Waals surface area (Å²) < 4.78 is 12.1. The summed E-state index contributed by atoms with van der Waals surface area (Å²) in [7, 11) is 0. The Labute approximate surface area is 212 Å². The Kier molecular flexibility index (Phi) is 6.08. The molecule has 1 amide bonds. The standard InChI is InChI=1S/C29H35N3O4/c1-19-6-5-13-29(2)26(36-29)25-21(11-9-19)22(28(34)35-25)18-31-14-16-32(17-15-31)27(33)24-12-10-20-7-3-4-8-23(20)30-24/h3-4,6-8,10,12,21-22,25-26H,5,9,11,13-18H2,1-2H3/b19-6+/t21-,22?,25-,26-,29+/m0/s1. The van der Waals surface area contributed by atoms with Crippen molar-refractivity contribution >= 4 is 22.8 Å². The van der Waals surface area contributed by atoms with E-state index >= 15 is 0 Å². The smallest absolute Gasteiger partial charge is 0.311 e. The van der Waals surface area contributed by atoms with Gasteiger partial charge in [0.2, 0.25) is 0 Å². The summed E-state index contributed by atoms with van der Waals surface area (Å²) in [5.74, 6) is -0.0737. The van der Waals surface area contributed by atoms with Gasteiger partial charge in [-0.1, -0.05) is 35.9 Å². The normalized spacial score (nSPS) is 34.3. The molecule has 4 heterocycles. The number of nitrogens with zero attached hydrogens (tertiary/aromatic N) is 3. The van der Waals surface area contributed by atoms with E-state index in [1.165, 1.54) is 5.57 Å². The van der Waals surface area contributed by atoms with Gasteiger partial charge in [0.05, 0.1) is 17.0 Å². The minimum absolute atomic E-state index is 0.0205. The van der Waals surface area contributed by atoms with E-state index in [9.17, 15) is 9.59 Å². The molecule has 5 atom stereocenters. The lowest BCUT2D eigenvalue weighted by Gasteiger charge is -2.36. The number of carbonyl (C=O) groups is 2. The summed E-state index contributed by atoms with van der Waals surface area (Å²) in [6.45, 7) is 7.79. The summed E-state index contributed by atoms with van der Waals surface area (Å²) in [6.07, 6.45) is 6.16. The molecular weight excluding hydrogens is 454 g/mol. The quantitative estimate of drug-likeness (QED) is 0.371. The van der Waals surface area contributed by atoms with Crippen LogP contribution < -0.4 is 0 Å². The molecule has 0 radical (unpaired) electrons. The third kappa shape index (κ3) is 4.43. The van der Waals surface area contributed by atoms with Gasteiger partial charge in [0.25, 0.3) is 5.91 Å². The van der Waals surface area contributed by atoms with Gasteiger partial charge < -0.3 is 14.4 Å². The van der Waals surface area contributed by atoms with E-state index in [1.807, 2.05) is 41.3 Å². The second-order valence-corrected chi connectivity index (χ2v) is 11.1. The van der Waals surface area contributed by atoms with E-state index in [0.717, 1.165) is 49.7 Å². The lowest BCUT2D eigenvalue weighted by atomic mass is 9.80. The first-order chi connectivity index (χ1) is 17.4. The Bertz CT molecular complexity index is 1200. The fourth-order valence-electron chi connectivity index (χ4n) is 6.31. The highest BCUT2D eigenvalue weighted by Gasteiger charge is 2.62. The Hall–Kier alpha value is -2.77. The monoisotopic (exact) mass is 489 g/mol. The van der Waals surface area contributed by atoms with Crippen LogP contribution in [0.5, 0.6) is 0 Å². The zero-order chi connectivity index (χ0) is 24.9. The van der Waals surface area contributed by atoms with Crippen LogP contribution >= 0.6 is 0 Å². The largest absolute Gasteiger partial charge is 0.459 e. The number of aromatic nitrogens is 1. The maximum absolute atomic E-state index is 13.1. The summed E-state index contributed by atoms with van der Waals surface area (Å²) in [4.78, 5) is 34.9. The van der Waals surface area contributed by atoms with Gasteiger partial charge in [-0.3, -0.25) is 14.5 Å². The molecular formula is C29H35N3O4. The van der Waals surface area contributed by atoms with Crippen LogP contribution in [-0.4, -0.2) is 77.2 Å². The van der Waals surface area contributed by atoms with Crippen molar-refractivity contribution in [3.63, 3.8) is 0 Å². The van der Waals surface area contributed by atoms with Crippen LogP contribution in [0.4, 0.5) is 0 Å². The minimum Gasteiger partial charge on any atom is -0.459 e. The molecule has 1 aromatic heterocycles. The van der Waals surface area contributed by atoms with Crippen LogP contribution in [-0.2, 0) is 14.3 Å². The predicted octanol–water partition coefficient (Wildman–Crippen LogP) is 3.83. The summed E-state index contributed by atoms with van der Waals surface area (Å²) in [5, 5.41) is 1.03. The average molecular weight is 490 g/mol. The molecule has 3 aliphatic heterocycles. The first kappa shape index (κ1) is 23.6. The number of epoxide rings is 1. The molecule has 36 heavy (non-hydrogen) atoms. The number of esters is 1. The number of para-hydroxylation sites is 1. The van der Waals surface area contributed by atoms with E-state index in [0.29, 0.717) is 25.3 Å². The van der Waals surface area contributed by atoms with E-state index in [2.05, 4.69) is 29.8 Å². The minimum atomic E-state index is -0.172. The van der Waals surface area contributed by atoms with Crippen molar-refractivity contribution in [2.45, 2.75) is 57.3 Å². The highest BCUT2D eigenvalue weighted by Crippen LogP contribution is 2.50. The molecule has 1 aliphatic carbocycles. The maximum atomic E-state index is 13.1. The lowest BCUT2D eigenvalue weighted by Crippen LogP contribution is -2.50. The summed E-state index contributed by atoms with van der Waals surface area (Å²) in [5.41, 5.74) is 2.54. The van der Waals surface area contributed by atoms with Gasteiger partial charge in [-0.05, 0) is 51.7 Å². The molecule has 0 spiro atoms. The molecule has 6 rings (SSSR count). The Morgan fingerprint density at radius 3 is 2.78 bits per heavy atom. The van der Waals surface area contributed by atoms with Crippen molar-refractivity contribution in [1.82, 2.24) is 14.8 Å². The molecule has 0 bridgehead atoms. The number of carbonyl (C=O) groups excluding carboxylic acids is 2. The molecule has 1 unspecified atom stereocenters. The number of allylic oxidation sites excluding steroid dienone is 2. The zero-order valence-electron chi connectivity index (χ0n) is 21.2. The van der Waals surface area contributed by atoms with Crippen LogP contribution in [0.15, 0.2) is 48.0 Å². The van der Waals surface area contributed by atoms with E-state index in [4.69, 9.17) is 9.47 Å². The molecule has 190 valence electrons. The molecule has 1 aromatic carbocycles. The molecule has 0 N–H and O–H groups in total. The predicted molar refractivity (Wildman–Crippen MR) is 136 cm³/mol. The number of amides is 1. The van der Waals surface area contributed by atoms with Gasteiger partial charge in [-0.25, -0.2) is 4.98 Å². The number of ether oxygens (including phenoxy) is 2. The lowest BCUT2D eigenvalue weighted by molar-refractivity contribution is -0.145. The molecule has 7 nitrogen and oxygen atoms in total. The number of benzene rings is 1. The molecule has 2 aromatic rings. The maximum Gasteiger partial charge on any atom is 0.311 e. The van der Waals surface area contributed by atoms with Crippen molar-refractivity contribution < 1.29 is 19.1 Å². The van der Waals surface area contributed by atoms with Crippen LogP contribution in [0, 0.1) is 11.8 Å². The second kappa shape index (κ2) is 9.27. The number of fused-ring (bicyclic) bond motifs is 4. The highest BCUT2D eigenvalue weighted by atomic mass is 16.6. The van der Waals surface area contributed by atoms with Gasteiger partial charge in [0, 0.05) is 44.0 Å². The number of piperazine rings is 1. The molecule has 3 saturated heterocycles. The van der Waals surface area contributed by atoms with Gasteiger partial charge >= 0.3 is 5.97 Å². The van der Waals surface area contributed by atoms with Gasteiger partial charge in [0.15, 0.2) is 0 Å². The van der Waals surface area contributed by atoms with Crippen LogP contribution in [0.1, 0.15) is 50.0 Å². The first-order valence-electron chi connectivity index (χ1n) is 13.3. The third-order valence-electron chi connectivity index (χ3n) is 8.67. The topological polar surface area (TPSA) is 75.3 Å². The molecule has 3 fully saturated rings. The van der Waals surface area contributed by atoms with Gasteiger partial charge in [-0.2, -0.15) is 0 Å². The SMILES string of the molecule is C/C1=C\CC[C@@]2(C)O[C@H]2[C@H]2OC(=O)C(CN3CCN(C(=O)c4ccc5ccccc5n4)CC3)[C@@H]2CC1. The summed E-state index contributed by atoms with van der Waals surface area (Å²) >= 11 is 0. The highest BCUT2D eigenvalue weighted by molar-refractivity contribution is 5.95. The van der Waals surface area contributed by atoms with Gasteiger partial charge in [0.1, 0.15) is 17.9 Å². The Balaban J connectivity index is 1.10. The molecule has 7 heteroatoms. The fraction of sp³-hybridized carbons (Fsp3) is 0.552. The van der Waals surface area contributed by atoms with Crippen molar-refractivity contribution in [3.8, 4) is 0 Å². The number of pyridine rings is 1. The van der Waals surface area contributed by atoms with E-state index in [1.54, 1.807) is 0 Å². The average Bonchev–Trinajstić information content (AvgIpc) is 3.47.